The van der Waals surface area contributed by atoms with Gasteiger partial charge in [-0.05, 0) is 31.9 Å². The van der Waals surface area contributed by atoms with Gasteiger partial charge in [0, 0.05) is 38.4 Å². The third-order valence-corrected chi connectivity index (χ3v) is 5.45. The van der Waals surface area contributed by atoms with E-state index in [1.54, 1.807) is 6.92 Å². The predicted molar refractivity (Wildman–Crippen MR) is 116 cm³/mol. The Kier molecular flexibility index (Phi) is 6.58. The maximum absolute atomic E-state index is 12.3. The van der Waals surface area contributed by atoms with Crippen LogP contribution in [0.5, 0.6) is 0 Å². The zero-order chi connectivity index (χ0) is 20.8. The molecule has 9 nitrogen and oxygen atoms in total. The van der Waals surface area contributed by atoms with Crippen molar-refractivity contribution < 1.29 is 9.53 Å². The van der Waals surface area contributed by atoms with Crippen molar-refractivity contribution in [3.8, 4) is 0 Å². The Morgan fingerprint density at radius 3 is 2.70 bits per heavy atom. The van der Waals surface area contributed by atoms with Gasteiger partial charge in [0.1, 0.15) is 17.2 Å². The highest BCUT2D eigenvalue weighted by molar-refractivity contribution is 5.94. The fourth-order valence-electron chi connectivity index (χ4n) is 3.86. The molecule has 0 bridgehead atoms. The normalized spacial score (nSPS) is 17.0. The topological polar surface area (TPSA) is 104 Å². The third-order valence-electron chi connectivity index (χ3n) is 5.45. The first kappa shape index (κ1) is 20.3. The van der Waals surface area contributed by atoms with E-state index in [2.05, 4.69) is 35.8 Å². The first-order valence-corrected chi connectivity index (χ1v) is 10.7. The highest BCUT2D eigenvalue weighted by Gasteiger charge is 2.21. The Morgan fingerprint density at radius 1 is 1.20 bits per heavy atom. The molecule has 160 valence electrons. The summed E-state index contributed by atoms with van der Waals surface area (Å²) in [6, 6.07) is 4.28. The minimum absolute atomic E-state index is 0.311. The molecule has 0 radical (unpaired) electrons. The third kappa shape index (κ3) is 4.96. The van der Waals surface area contributed by atoms with E-state index in [4.69, 9.17) is 4.74 Å². The lowest BCUT2D eigenvalue weighted by atomic mass is 10.2. The van der Waals surface area contributed by atoms with Crippen LogP contribution in [0.4, 0.5) is 23.3 Å². The highest BCUT2D eigenvalue weighted by Crippen LogP contribution is 2.25. The van der Waals surface area contributed by atoms with Crippen LogP contribution in [0.25, 0.3) is 0 Å². The van der Waals surface area contributed by atoms with Crippen molar-refractivity contribution in [3.05, 3.63) is 30.1 Å². The first-order valence-electron chi connectivity index (χ1n) is 10.7. The molecule has 1 aliphatic heterocycles. The van der Waals surface area contributed by atoms with Gasteiger partial charge in [-0.15, -0.1) is 0 Å². The number of esters is 1. The number of anilines is 4. The van der Waals surface area contributed by atoms with Crippen LogP contribution in [-0.2, 0) is 4.74 Å². The van der Waals surface area contributed by atoms with E-state index in [0.717, 1.165) is 44.7 Å². The van der Waals surface area contributed by atoms with E-state index < -0.39 is 5.97 Å². The molecule has 2 aromatic heterocycles. The summed E-state index contributed by atoms with van der Waals surface area (Å²) in [4.78, 5) is 28.0. The fourth-order valence-corrected chi connectivity index (χ4v) is 3.86. The van der Waals surface area contributed by atoms with Gasteiger partial charge < -0.3 is 25.6 Å². The van der Waals surface area contributed by atoms with Crippen molar-refractivity contribution in [1.82, 2.24) is 20.3 Å². The smallest absolute Gasteiger partial charge is 0.343 e. The Hall–Kier alpha value is -2.94. The quantitative estimate of drug-likeness (QED) is 0.593. The molecular weight excluding hydrogens is 382 g/mol. The Bertz CT molecular complexity index is 847. The average Bonchev–Trinajstić information content (AvgIpc) is 3.28. The summed E-state index contributed by atoms with van der Waals surface area (Å²) in [5.41, 5.74) is 1.46. The van der Waals surface area contributed by atoms with Gasteiger partial charge in [0.05, 0.1) is 18.5 Å². The summed E-state index contributed by atoms with van der Waals surface area (Å²) >= 11 is 0. The van der Waals surface area contributed by atoms with E-state index in [9.17, 15) is 4.79 Å². The molecule has 0 aromatic carbocycles. The van der Waals surface area contributed by atoms with E-state index in [1.807, 2.05) is 18.3 Å². The van der Waals surface area contributed by atoms with Gasteiger partial charge in [-0.3, -0.25) is 0 Å². The fraction of sp³-hybridized carbons (Fsp3) is 0.524. The van der Waals surface area contributed by atoms with E-state index in [0.29, 0.717) is 35.8 Å². The zero-order valence-corrected chi connectivity index (χ0v) is 17.4. The molecule has 0 atom stereocenters. The van der Waals surface area contributed by atoms with Crippen molar-refractivity contribution in [3.63, 3.8) is 0 Å². The standard InChI is InChI=1S/C21H29N7O2/c1-2-30-20(29)17-14-24-21(27-19(17)25-15-5-3-4-6-15)26-18-8-7-16(13-23-18)28-11-9-22-10-12-28/h7-8,13-15,22H,2-6,9-12H2,1H3,(H2,23,24,25,26,27). The lowest BCUT2D eigenvalue weighted by Gasteiger charge is -2.29. The lowest BCUT2D eigenvalue weighted by Crippen LogP contribution is -2.43. The summed E-state index contributed by atoms with van der Waals surface area (Å²) in [6.45, 7) is 6.01. The van der Waals surface area contributed by atoms with Gasteiger partial charge in [-0.2, -0.15) is 4.98 Å². The van der Waals surface area contributed by atoms with Gasteiger partial charge >= 0.3 is 5.97 Å². The largest absolute Gasteiger partial charge is 0.462 e. The number of hydrogen-bond acceptors (Lipinski definition) is 9. The lowest BCUT2D eigenvalue weighted by molar-refractivity contribution is 0.0526. The number of nitrogens with zero attached hydrogens (tertiary/aromatic N) is 4. The van der Waals surface area contributed by atoms with Crippen molar-refractivity contribution in [2.45, 2.75) is 38.6 Å². The van der Waals surface area contributed by atoms with Crippen LogP contribution in [0.1, 0.15) is 43.0 Å². The number of carbonyl (C=O) groups excluding carboxylic acids is 1. The van der Waals surface area contributed by atoms with Crippen molar-refractivity contribution >= 4 is 29.2 Å². The van der Waals surface area contributed by atoms with E-state index >= 15 is 0 Å². The van der Waals surface area contributed by atoms with Crippen molar-refractivity contribution in [1.29, 1.82) is 0 Å². The number of carbonyl (C=O) groups is 1. The summed E-state index contributed by atoms with van der Waals surface area (Å²) in [7, 11) is 0. The van der Waals surface area contributed by atoms with Gasteiger partial charge in [0.25, 0.3) is 0 Å². The maximum atomic E-state index is 12.3. The molecule has 2 fully saturated rings. The molecule has 1 saturated carbocycles. The molecule has 4 rings (SSSR count). The number of piperazine rings is 1. The molecule has 9 heteroatoms. The van der Waals surface area contributed by atoms with Gasteiger partial charge in [0.15, 0.2) is 0 Å². The van der Waals surface area contributed by atoms with Crippen molar-refractivity contribution in [2.75, 3.05) is 48.3 Å². The average molecular weight is 412 g/mol. The second-order valence-corrected chi connectivity index (χ2v) is 7.57. The minimum Gasteiger partial charge on any atom is -0.462 e. The van der Waals surface area contributed by atoms with Crippen molar-refractivity contribution in [2.24, 2.45) is 0 Å². The van der Waals surface area contributed by atoms with E-state index in [1.165, 1.54) is 19.0 Å². The van der Waals surface area contributed by atoms with Gasteiger partial charge in [0.2, 0.25) is 5.95 Å². The first-order chi connectivity index (χ1) is 14.7. The van der Waals surface area contributed by atoms with Crippen LogP contribution in [0.2, 0.25) is 0 Å². The van der Waals surface area contributed by atoms with Crippen LogP contribution >= 0.6 is 0 Å². The monoisotopic (exact) mass is 411 g/mol. The number of nitrogens with one attached hydrogen (secondary N) is 3. The Morgan fingerprint density at radius 2 is 2.00 bits per heavy atom. The van der Waals surface area contributed by atoms with Crippen LogP contribution in [-0.4, -0.2) is 59.7 Å². The zero-order valence-electron chi connectivity index (χ0n) is 17.4. The van der Waals surface area contributed by atoms with Crippen LogP contribution in [0, 0.1) is 0 Å². The number of pyridine rings is 1. The second-order valence-electron chi connectivity index (χ2n) is 7.57. The summed E-state index contributed by atoms with van der Waals surface area (Å²) in [5, 5.41) is 9.89. The molecule has 1 saturated heterocycles. The highest BCUT2D eigenvalue weighted by atomic mass is 16.5. The number of aromatic nitrogens is 3. The molecule has 0 unspecified atom stereocenters. The molecular formula is C21H29N7O2. The summed E-state index contributed by atoms with van der Waals surface area (Å²) in [6.07, 6.45) is 7.89. The summed E-state index contributed by atoms with van der Waals surface area (Å²) < 4.78 is 5.16. The molecule has 2 aliphatic rings. The molecule has 3 N–H and O–H groups in total. The number of hydrogen-bond donors (Lipinski definition) is 3. The predicted octanol–water partition coefficient (Wildman–Crippen LogP) is 2.56. The molecule has 2 aromatic rings. The minimum atomic E-state index is -0.414. The Labute approximate surface area is 176 Å². The maximum Gasteiger partial charge on any atom is 0.343 e. The molecule has 1 aliphatic carbocycles. The molecule has 3 heterocycles. The SMILES string of the molecule is CCOC(=O)c1cnc(Nc2ccc(N3CCNCC3)cn2)nc1NC1CCCC1. The Balaban J connectivity index is 1.49. The van der Waals surface area contributed by atoms with Crippen LogP contribution < -0.4 is 20.9 Å². The van der Waals surface area contributed by atoms with E-state index in [-0.39, 0.29) is 0 Å². The molecule has 0 amide bonds. The second kappa shape index (κ2) is 9.71. The molecule has 0 spiro atoms. The van der Waals surface area contributed by atoms with Crippen LogP contribution in [0.15, 0.2) is 24.5 Å². The summed E-state index contributed by atoms with van der Waals surface area (Å²) in [5.74, 6) is 1.15. The van der Waals surface area contributed by atoms with Gasteiger partial charge in [-0.1, -0.05) is 12.8 Å². The number of ether oxygens (including phenoxy) is 1. The van der Waals surface area contributed by atoms with Crippen LogP contribution in [0.3, 0.4) is 0 Å². The van der Waals surface area contributed by atoms with Gasteiger partial charge in [-0.25, -0.2) is 14.8 Å². The number of rotatable bonds is 7. The molecule has 30 heavy (non-hydrogen) atoms.